The van der Waals surface area contributed by atoms with Crippen LogP contribution in [0.3, 0.4) is 0 Å². The highest BCUT2D eigenvalue weighted by molar-refractivity contribution is 5.75. The summed E-state index contributed by atoms with van der Waals surface area (Å²) in [4.78, 5) is 4.83. The largest absolute Gasteiger partial charge is 0.486 e. The van der Waals surface area contributed by atoms with E-state index in [2.05, 4.69) is 73.9 Å². The number of aryl methyl sites for hydroxylation is 1. The lowest BCUT2D eigenvalue weighted by molar-refractivity contribution is 0.289. The maximum atomic E-state index is 6.06. The molecule has 0 unspecified atom stereocenters. The van der Waals surface area contributed by atoms with Crippen LogP contribution in [0.2, 0.25) is 0 Å². The molecule has 3 aromatic rings. The van der Waals surface area contributed by atoms with Crippen molar-refractivity contribution in [2.24, 2.45) is 0 Å². The van der Waals surface area contributed by atoms with Crippen LogP contribution in [0.1, 0.15) is 70.2 Å². The van der Waals surface area contributed by atoms with Gasteiger partial charge in [-0.05, 0) is 42.2 Å². The second-order valence-electron chi connectivity index (χ2n) is 7.60. The highest BCUT2D eigenvalue weighted by Gasteiger charge is 2.11. The van der Waals surface area contributed by atoms with Crippen LogP contribution >= 0.6 is 0 Å². The first kappa shape index (κ1) is 19.5. The van der Waals surface area contributed by atoms with Gasteiger partial charge in [0.1, 0.15) is 18.2 Å². The second-order valence-corrected chi connectivity index (χ2v) is 7.60. The third-order valence-electron chi connectivity index (χ3n) is 5.13. The fraction of sp³-hybridized carbons (Fsp3) is 0.458. The molecule has 144 valence electrons. The van der Waals surface area contributed by atoms with Gasteiger partial charge >= 0.3 is 0 Å². The average Bonchev–Trinajstić information content (AvgIpc) is 3.04. The van der Waals surface area contributed by atoms with Crippen LogP contribution in [0, 0.1) is 0 Å². The molecule has 0 amide bonds. The van der Waals surface area contributed by atoms with E-state index in [0.29, 0.717) is 12.5 Å². The molecule has 0 aliphatic rings. The van der Waals surface area contributed by atoms with Gasteiger partial charge in [-0.3, -0.25) is 0 Å². The summed E-state index contributed by atoms with van der Waals surface area (Å²) in [5.41, 5.74) is 3.60. The van der Waals surface area contributed by atoms with E-state index in [9.17, 15) is 0 Å². The lowest BCUT2D eigenvalue weighted by atomic mass is 10.0. The van der Waals surface area contributed by atoms with E-state index in [1.807, 2.05) is 0 Å². The van der Waals surface area contributed by atoms with Gasteiger partial charge in [0.05, 0.1) is 11.0 Å². The van der Waals surface area contributed by atoms with E-state index in [0.717, 1.165) is 23.6 Å². The van der Waals surface area contributed by atoms with Crippen LogP contribution in [-0.4, -0.2) is 9.55 Å². The molecule has 0 atom stereocenters. The van der Waals surface area contributed by atoms with Crippen LogP contribution < -0.4 is 4.74 Å². The molecule has 0 saturated carbocycles. The molecule has 0 spiro atoms. The molecule has 0 fully saturated rings. The molecular formula is C24H32N2O. The lowest BCUT2D eigenvalue weighted by Crippen LogP contribution is -2.07. The summed E-state index contributed by atoms with van der Waals surface area (Å²) >= 11 is 0. The van der Waals surface area contributed by atoms with Crippen LogP contribution in [0.4, 0.5) is 0 Å². The molecular weight excluding hydrogens is 332 g/mol. The number of unbranched alkanes of at least 4 members (excludes halogenated alkanes) is 4. The minimum absolute atomic E-state index is 0.505. The van der Waals surface area contributed by atoms with Gasteiger partial charge in [-0.2, -0.15) is 0 Å². The summed E-state index contributed by atoms with van der Waals surface area (Å²) in [6.07, 6.45) is 6.39. The van der Waals surface area contributed by atoms with Crippen molar-refractivity contribution < 1.29 is 4.74 Å². The Morgan fingerprint density at radius 1 is 0.926 bits per heavy atom. The molecule has 0 bridgehead atoms. The Balaban J connectivity index is 1.69. The molecule has 2 aromatic carbocycles. The van der Waals surface area contributed by atoms with Crippen LogP contribution in [0.5, 0.6) is 5.75 Å². The molecule has 0 saturated heterocycles. The van der Waals surface area contributed by atoms with Crippen LogP contribution in [0.15, 0.2) is 48.5 Å². The first-order chi connectivity index (χ1) is 13.2. The van der Waals surface area contributed by atoms with Crippen LogP contribution in [-0.2, 0) is 13.2 Å². The molecule has 0 radical (unpaired) electrons. The molecule has 1 aromatic heterocycles. The molecule has 0 aliphatic heterocycles. The summed E-state index contributed by atoms with van der Waals surface area (Å²) in [6, 6.07) is 16.8. The zero-order valence-corrected chi connectivity index (χ0v) is 16.9. The van der Waals surface area contributed by atoms with Crippen molar-refractivity contribution in [3.8, 4) is 5.75 Å². The first-order valence-electron chi connectivity index (χ1n) is 10.4. The summed E-state index contributed by atoms with van der Waals surface area (Å²) in [7, 11) is 0. The SMILES string of the molecule is CCCCCCCn1c(COc2ccc(C(C)C)cc2)nc2ccccc21. The van der Waals surface area contributed by atoms with Gasteiger partial charge in [0.15, 0.2) is 0 Å². The van der Waals surface area contributed by atoms with E-state index < -0.39 is 0 Å². The molecule has 3 heteroatoms. The maximum Gasteiger partial charge on any atom is 0.147 e. The van der Waals surface area contributed by atoms with Gasteiger partial charge < -0.3 is 9.30 Å². The fourth-order valence-corrected chi connectivity index (χ4v) is 3.46. The normalized spacial score (nSPS) is 11.4. The lowest BCUT2D eigenvalue weighted by Gasteiger charge is -2.11. The van der Waals surface area contributed by atoms with Gasteiger partial charge in [0, 0.05) is 6.54 Å². The molecule has 3 rings (SSSR count). The van der Waals surface area contributed by atoms with E-state index in [-0.39, 0.29) is 0 Å². The maximum absolute atomic E-state index is 6.06. The standard InChI is InChI=1S/C24H32N2O/c1-4-5-6-7-10-17-26-23-12-9-8-11-22(23)25-24(26)18-27-21-15-13-20(14-16-21)19(2)3/h8-9,11-16,19H,4-7,10,17-18H2,1-3H3. The van der Waals surface area contributed by atoms with Gasteiger partial charge in [-0.1, -0.05) is 70.7 Å². The number of nitrogens with zero attached hydrogens (tertiary/aromatic N) is 2. The Hall–Kier alpha value is -2.29. The number of hydrogen-bond donors (Lipinski definition) is 0. The molecule has 27 heavy (non-hydrogen) atoms. The summed E-state index contributed by atoms with van der Waals surface area (Å²) in [6.45, 7) is 8.18. The molecule has 3 nitrogen and oxygen atoms in total. The van der Waals surface area contributed by atoms with E-state index >= 15 is 0 Å². The zero-order valence-electron chi connectivity index (χ0n) is 16.9. The van der Waals surface area contributed by atoms with Crippen molar-refractivity contribution in [2.75, 3.05) is 0 Å². The molecule has 0 N–H and O–H groups in total. The van der Waals surface area contributed by atoms with Crippen molar-refractivity contribution in [1.82, 2.24) is 9.55 Å². The second kappa shape index (κ2) is 9.59. The number of fused-ring (bicyclic) bond motifs is 1. The number of hydrogen-bond acceptors (Lipinski definition) is 2. The summed E-state index contributed by atoms with van der Waals surface area (Å²) < 4.78 is 8.40. The number of benzene rings is 2. The first-order valence-corrected chi connectivity index (χ1v) is 10.4. The Morgan fingerprint density at radius 2 is 1.67 bits per heavy atom. The topological polar surface area (TPSA) is 27.1 Å². The smallest absolute Gasteiger partial charge is 0.147 e. The Morgan fingerprint density at radius 3 is 2.41 bits per heavy atom. The minimum Gasteiger partial charge on any atom is -0.486 e. The Labute approximate surface area is 163 Å². The number of imidazole rings is 1. The number of aromatic nitrogens is 2. The minimum atomic E-state index is 0.505. The summed E-state index contributed by atoms with van der Waals surface area (Å²) in [5, 5.41) is 0. The van der Waals surface area contributed by atoms with Crippen molar-refractivity contribution in [3.05, 3.63) is 59.9 Å². The quantitative estimate of drug-likeness (QED) is 0.374. The Bertz CT molecular complexity index is 833. The third kappa shape index (κ3) is 5.12. The van der Waals surface area contributed by atoms with Crippen LogP contribution in [0.25, 0.3) is 11.0 Å². The fourth-order valence-electron chi connectivity index (χ4n) is 3.46. The predicted octanol–water partition coefficient (Wildman–Crippen LogP) is 6.71. The van der Waals surface area contributed by atoms with Gasteiger partial charge in [-0.25, -0.2) is 4.98 Å². The Kier molecular flexibility index (Phi) is 6.92. The van der Waals surface area contributed by atoms with Gasteiger partial charge in [0.2, 0.25) is 0 Å². The average molecular weight is 365 g/mol. The predicted molar refractivity (Wildman–Crippen MR) is 113 cm³/mol. The van der Waals surface area contributed by atoms with E-state index in [4.69, 9.17) is 9.72 Å². The van der Waals surface area contributed by atoms with Gasteiger partial charge in [0.25, 0.3) is 0 Å². The van der Waals surface area contributed by atoms with E-state index in [1.54, 1.807) is 0 Å². The number of para-hydroxylation sites is 2. The zero-order chi connectivity index (χ0) is 19.1. The van der Waals surface area contributed by atoms with Crippen molar-refractivity contribution >= 4 is 11.0 Å². The molecule has 1 heterocycles. The molecule has 0 aliphatic carbocycles. The monoisotopic (exact) mass is 364 g/mol. The van der Waals surface area contributed by atoms with Crippen molar-refractivity contribution in [2.45, 2.75) is 71.9 Å². The summed E-state index contributed by atoms with van der Waals surface area (Å²) in [5.74, 6) is 2.46. The highest BCUT2D eigenvalue weighted by atomic mass is 16.5. The number of rotatable bonds is 10. The van der Waals surface area contributed by atoms with E-state index in [1.165, 1.54) is 43.2 Å². The highest BCUT2D eigenvalue weighted by Crippen LogP contribution is 2.21. The van der Waals surface area contributed by atoms with Gasteiger partial charge in [-0.15, -0.1) is 0 Å². The third-order valence-corrected chi connectivity index (χ3v) is 5.13. The number of ether oxygens (including phenoxy) is 1. The van der Waals surface area contributed by atoms with Crippen molar-refractivity contribution in [1.29, 1.82) is 0 Å². The van der Waals surface area contributed by atoms with Crippen molar-refractivity contribution in [3.63, 3.8) is 0 Å².